The fourth-order valence-corrected chi connectivity index (χ4v) is 3.12. The van der Waals surface area contributed by atoms with Crippen LogP contribution in [0.5, 0.6) is 0 Å². The molecule has 1 fully saturated rings. The maximum Gasteiger partial charge on any atom is 0.328 e. The summed E-state index contributed by atoms with van der Waals surface area (Å²) >= 11 is 0. The number of hydrogen-bond acceptors (Lipinski definition) is 4. The molecular weight excluding hydrogens is 332 g/mol. The fraction of sp³-hybridized carbons (Fsp3) is 0.421. The molecule has 138 valence electrons. The van der Waals surface area contributed by atoms with Crippen LogP contribution >= 0.6 is 0 Å². The number of carbonyl (C=O) groups excluding carboxylic acids is 1. The van der Waals surface area contributed by atoms with E-state index in [2.05, 4.69) is 27.3 Å². The number of carbonyl (C=O) groups is 1. The molecule has 2 aromatic rings. The van der Waals surface area contributed by atoms with Crippen LogP contribution < -0.4 is 16.6 Å². The number of aromatic nitrogens is 2. The molecule has 2 N–H and O–H groups in total. The van der Waals surface area contributed by atoms with E-state index in [0.29, 0.717) is 6.54 Å². The zero-order valence-electron chi connectivity index (χ0n) is 14.7. The van der Waals surface area contributed by atoms with Crippen molar-refractivity contribution in [3.05, 3.63) is 68.5 Å². The van der Waals surface area contributed by atoms with E-state index in [1.807, 2.05) is 12.1 Å². The number of rotatable bonds is 6. The summed E-state index contributed by atoms with van der Waals surface area (Å²) in [6, 6.07) is 9.46. The lowest BCUT2D eigenvalue weighted by molar-refractivity contribution is -0.121. The van der Waals surface area contributed by atoms with Crippen LogP contribution in [0.15, 0.2) is 46.1 Å². The summed E-state index contributed by atoms with van der Waals surface area (Å²) in [5.74, 6) is -0.281. The Balaban J connectivity index is 1.48. The van der Waals surface area contributed by atoms with Crippen LogP contribution in [0.2, 0.25) is 0 Å². The van der Waals surface area contributed by atoms with Crippen molar-refractivity contribution in [2.45, 2.75) is 38.9 Å². The van der Waals surface area contributed by atoms with Gasteiger partial charge in [0.25, 0.3) is 5.56 Å². The van der Waals surface area contributed by atoms with Crippen molar-refractivity contribution in [3.8, 4) is 0 Å². The van der Waals surface area contributed by atoms with Gasteiger partial charge in [0, 0.05) is 25.4 Å². The summed E-state index contributed by atoms with van der Waals surface area (Å²) < 4.78 is 1.17. The van der Waals surface area contributed by atoms with Gasteiger partial charge in [-0.15, -0.1) is 0 Å². The van der Waals surface area contributed by atoms with E-state index in [4.69, 9.17) is 0 Å². The van der Waals surface area contributed by atoms with Crippen molar-refractivity contribution in [2.24, 2.45) is 0 Å². The van der Waals surface area contributed by atoms with Gasteiger partial charge in [0.15, 0.2) is 0 Å². The molecule has 1 aromatic heterocycles. The minimum absolute atomic E-state index is 0.122. The third-order valence-electron chi connectivity index (χ3n) is 4.58. The number of hydrogen-bond donors (Lipinski definition) is 2. The van der Waals surface area contributed by atoms with Crippen LogP contribution in [0.3, 0.4) is 0 Å². The quantitative estimate of drug-likeness (QED) is 0.803. The molecule has 0 aliphatic carbocycles. The molecule has 0 saturated carbocycles. The molecule has 0 radical (unpaired) electrons. The predicted molar refractivity (Wildman–Crippen MR) is 98.7 cm³/mol. The van der Waals surface area contributed by atoms with Gasteiger partial charge in [-0.3, -0.25) is 24.0 Å². The number of likely N-dealkylation sites (tertiary alicyclic amines) is 1. The molecule has 1 aromatic carbocycles. The number of piperidine rings is 1. The van der Waals surface area contributed by atoms with E-state index in [1.165, 1.54) is 54.7 Å². The van der Waals surface area contributed by atoms with Crippen LogP contribution in [0, 0.1) is 0 Å². The fourth-order valence-electron chi connectivity index (χ4n) is 3.12. The van der Waals surface area contributed by atoms with Gasteiger partial charge in [-0.05, 0) is 37.1 Å². The number of H-pyrrole nitrogens is 1. The number of amides is 1. The number of aromatic amines is 1. The van der Waals surface area contributed by atoms with E-state index >= 15 is 0 Å². The summed E-state index contributed by atoms with van der Waals surface area (Å²) in [6.45, 7) is 3.59. The van der Waals surface area contributed by atoms with Gasteiger partial charge in [-0.25, -0.2) is 4.79 Å². The lowest BCUT2D eigenvalue weighted by Gasteiger charge is -2.26. The van der Waals surface area contributed by atoms with Crippen LogP contribution in [-0.2, 0) is 24.4 Å². The zero-order chi connectivity index (χ0) is 18.4. The van der Waals surface area contributed by atoms with Gasteiger partial charge in [-0.2, -0.15) is 0 Å². The van der Waals surface area contributed by atoms with Crippen molar-refractivity contribution in [1.29, 1.82) is 0 Å². The second-order valence-electron chi connectivity index (χ2n) is 6.67. The summed E-state index contributed by atoms with van der Waals surface area (Å²) in [4.78, 5) is 39.2. The maximum absolute atomic E-state index is 12.0. The van der Waals surface area contributed by atoms with Crippen molar-refractivity contribution < 1.29 is 4.79 Å². The van der Waals surface area contributed by atoms with Gasteiger partial charge in [-0.1, -0.05) is 30.7 Å². The molecule has 0 atom stereocenters. The summed E-state index contributed by atoms with van der Waals surface area (Å²) in [5, 5.41) is 2.79. The normalized spacial score (nSPS) is 14.9. The van der Waals surface area contributed by atoms with E-state index in [-0.39, 0.29) is 12.5 Å². The third kappa shape index (κ3) is 5.16. The van der Waals surface area contributed by atoms with Crippen molar-refractivity contribution in [1.82, 2.24) is 19.8 Å². The highest BCUT2D eigenvalue weighted by atomic mass is 16.2. The van der Waals surface area contributed by atoms with Gasteiger partial charge in [0.05, 0.1) is 0 Å². The van der Waals surface area contributed by atoms with Crippen LogP contribution in [0.4, 0.5) is 0 Å². The summed E-state index contributed by atoms with van der Waals surface area (Å²) in [5.41, 5.74) is 1.22. The first kappa shape index (κ1) is 18.1. The molecule has 1 amide bonds. The Hall–Kier alpha value is -2.67. The smallest absolute Gasteiger partial charge is 0.328 e. The van der Waals surface area contributed by atoms with Crippen molar-refractivity contribution >= 4 is 5.91 Å². The Labute approximate surface area is 151 Å². The van der Waals surface area contributed by atoms with E-state index in [9.17, 15) is 14.4 Å². The first-order valence-corrected chi connectivity index (χ1v) is 8.97. The molecule has 0 unspecified atom stereocenters. The minimum Gasteiger partial charge on any atom is -0.350 e. The summed E-state index contributed by atoms with van der Waals surface area (Å²) in [7, 11) is 0. The molecule has 7 nitrogen and oxygen atoms in total. The highest BCUT2D eigenvalue weighted by molar-refractivity contribution is 5.75. The SMILES string of the molecule is O=C(Cn1ccc(=O)[nH]c1=O)NCc1ccc(CN2CCCCC2)cc1. The second-order valence-corrected chi connectivity index (χ2v) is 6.67. The van der Waals surface area contributed by atoms with Crippen molar-refractivity contribution in [3.63, 3.8) is 0 Å². The lowest BCUT2D eigenvalue weighted by atomic mass is 10.1. The third-order valence-corrected chi connectivity index (χ3v) is 4.58. The number of nitrogens with zero attached hydrogens (tertiary/aromatic N) is 2. The van der Waals surface area contributed by atoms with E-state index < -0.39 is 11.2 Å². The molecule has 0 spiro atoms. The summed E-state index contributed by atoms with van der Waals surface area (Å²) in [6.07, 6.45) is 5.21. The van der Waals surface area contributed by atoms with Gasteiger partial charge in [0.1, 0.15) is 6.54 Å². The first-order chi connectivity index (χ1) is 12.6. The molecule has 2 heterocycles. The van der Waals surface area contributed by atoms with E-state index in [1.54, 1.807) is 0 Å². The number of nitrogens with one attached hydrogen (secondary N) is 2. The second kappa shape index (κ2) is 8.62. The molecule has 1 aliphatic heterocycles. The molecule has 0 bridgehead atoms. The maximum atomic E-state index is 12.0. The Morgan fingerprint density at radius 1 is 1.00 bits per heavy atom. The van der Waals surface area contributed by atoms with Crippen LogP contribution in [-0.4, -0.2) is 33.4 Å². The molecule has 26 heavy (non-hydrogen) atoms. The highest BCUT2D eigenvalue weighted by Crippen LogP contribution is 2.13. The van der Waals surface area contributed by atoms with Crippen LogP contribution in [0.25, 0.3) is 0 Å². The monoisotopic (exact) mass is 356 g/mol. The standard InChI is InChI=1S/C19H24N4O3/c24-17-8-11-23(19(26)21-17)14-18(25)20-12-15-4-6-16(7-5-15)13-22-9-2-1-3-10-22/h4-8,11H,1-3,9-10,12-14H2,(H,20,25)(H,21,24,26). The van der Waals surface area contributed by atoms with Gasteiger partial charge in [0.2, 0.25) is 5.91 Å². The topological polar surface area (TPSA) is 87.2 Å². The minimum atomic E-state index is -0.588. The molecule has 7 heteroatoms. The Morgan fingerprint density at radius 3 is 2.38 bits per heavy atom. The Kier molecular flexibility index (Phi) is 6.01. The average Bonchev–Trinajstić information content (AvgIpc) is 2.64. The van der Waals surface area contributed by atoms with Gasteiger partial charge < -0.3 is 5.32 Å². The Bertz CT molecular complexity index is 848. The molecule has 3 rings (SSSR count). The predicted octanol–water partition coefficient (Wildman–Crippen LogP) is 0.839. The molecule has 1 aliphatic rings. The number of benzene rings is 1. The van der Waals surface area contributed by atoms with Gasteiger partial charge >= 0.3 is 5.69 Å². The largest absolute Gasteiger partial charge is 0.350 e. The average molecular weight is 356 g/mol. The molecule has 1 saturated heterocycles. The van der Waals surface area contributed by atoms with E-state index in [0.717, 1.165) is 12.1 Å². The zero-order valence-corrected chi connectivity index (χ0v) is 14.7. The Morgan fingerprint density at radius 2 is 1.69 bits per heavy atom. The highest BCUT2D eigenvalue weighted by Gasteiger charge is 2.10. The molecular formula is C19H24N4O3. The van der Waals surface area contributed by atoms with Crippen molar-refractivity contribution in [2.75, 3.05) is 13.1 Å². The first-order valence-electron chi connectivity index (χ1n) is 8.97. The van der Waals surface area contributed by atoms with Crippen LogP contribution in [0.1, 0.15) is 30.4 Å². The lowest BCUT2D eigenvalue weighted by Crippen LogP contribution is -2.35.